The monoisotopic (exact) mass is 2130 g/mol. The molecule has 1 aromatic heterocycles. The van der Waals surface area contributed by atoms with Crippen LogP contribution < -0.4 is 40.5 Å². The number of rotatable bonds is 30. The lowest BCUT2D eigenvalue weighted by Gasteiger charge is -2.27. The van der Waals surface area contributed by atoms with E-state index in [1.807, 2.05) is 131 Å². The van der Waals surface area contributed by atoms with Crippen LogP contribution in [0.4, 0.5) is 43.7 Å². The Labute approximate surface area is 876 Å². The zero-order valence-corrected chi connectivity index (χ0v) is 89.1. The first-order valence-electron chi connectivity index (χ1n) is 47.8. The molecule has 4 aliphatic heterocycles. The molecule has 772 valence electrons. The predicted octanol–water partition coefficient (Wildman–Crippen LogP) is 21.1. The fourth-order valence-electron chi connectivity index (χ4n) is 17.3. The number of ether oxygens (including phenoxy) is 2. The van der Waals surface area contributed by atoms with E-state index in [-0.39, 0.29) is 93.1 Å². The summed E-state index contributed by atoms with van der Waals surface area (Å²) in [6, 6.07) is 54.7. The maximum Gasteiger partial charge on any atom is 0.330 e. The summed E-state index contributed by atoms with van der Waals surface area (Å²) in [7, 11) is -8.82. The van der Waals surface area contributed by atoms with Crippen LogP contribution >= 0.6 is 58.0 Å². The summed E-state index contributed by atoms with van der Waals surface area (Å²) in [6.07, 6.45) is 9.48. The van der Waals surface area contributed by atoms with Crippen molar-refractivity contribution in [1.82, 2.24) is 34.8 Å². The second-order valence-electron chi connectivity index (χ2n) is 35.4. The van der Waals surface area contributed by atoms with Crippen molar-refractivity contribution in [1.29, 1.82) is 0 Å². The van der Waals surface area contributed by atoms with Crippen molar-refractivity contribution in [3.63, 3.8) is 0 Å². The van der Waals surface area contributed by atoms with Crippen LogP contribution in [0.25, 0.3) is 11.0 Å². The van der Waals surface area contributed by atoms with Crippen LogP contribution in [0.1, 0.15) is 170 Å². The number of allylic oxidation sites excluding steroid dienone is 4. The average molecular weight is 2130 g/mol. The molecule has 7 N–H and O–H groups in total. The number of likely N-dealkylation sites (N-methyl/N-ethyl adjacent to an activating group) is 1. The highest BCUT2D eigenvalue weighted by Crippen LogP contribution is 2.52. The van der Waals surface area contributed by atoms with Crippen LogP contribution in [-0.4, -0.2) is 172 Å². The number of hydrogen-bond acceptors (Lipinski definition) is 21. The van der Waals surface area contributed by atoms with Crippen LogP contribution in [0.3, 0.4) is 0 Å². The number of nitrogens with zero attached hydrogens (tertiary/aromatic N) is 8. The molecular formula is C108H120Cl5N13O18S2. The summed E-state index contributed by atoms with van der Waals surface area (Å²) in [5.74, 6) is -3.20. The normalized spacial score (nSPS) is 15.5. The van der Waals surface area contributed by atoms with E-state index in [1.54, 1.807) is 62.4 Å². The summed E-state index contributed by atoms with van der Waals surface area (Å²) < 4.78 is 75.0. The van der Waals surface area contributed by atoms with Gasteiger partial charge in [-0.3, -0.25) is 37.9 Å². The highest BCUT2D eigenvalue weighted by atomic mass is 35.5. The molecule has 0 spiro atoms. The fourth-order valence-corrected chi connectivity index (χ4v) is 19.5. The molecule has 38 heteroatoms. The number of phenols is 2. The Bertz CT molecular complexity index is 7000. The summed E-state index contributed by atoms with van der Waals surface area (Å²) >= 11 is 31.5. The van der Waals surface area contributed by atoms with Gasteiger partial charge in [-0.1, -0.05) is 202 Å². The van der Waals surface area contributed by atoms with Gasteiger partial charge in [0, 0.05) is 92.0 Å². The van der Waals surface area contributed by atoms with Crippen molar-refractivity contribution >= 4 is 177 Å². The number of phenolic OH excluding ortho intramolecular Hbond substituents is 2. The Morgan fingerprint density at radius 2 is 1.27 bits per heavy atom. The zero-order valence-electron chi connectivity index (χ0n) is 83.7. The predicted molar refractivity (Wildman–Crippen MR) is 570 cm³/mol. The molecule has 3 atom stereocenters. The number of anilines is 5. The van der Waals surface area contributed by atoms with Crippen LogP contribution in [-0.2, 0) is 90.0 Å². The number of amides is 9. The summed E-state index contributed by atoms with van der Waals surface area (Å²) in [5, 5.41) is 39.9. The van der Waals surface area contributed by atoms with Gasteiger partial charge in [-0.05, 0) is 249 Å². The number of urea groups is 2. The molecule has 3 unspecified atom stereocenters. The molecule has 5 aliphatic rings. The topological polar surface area (TPSA) is 403 Å². The standard InChI is InChI=1S/C33H30ClN7O6S.C27H29Cl2N3O5.C27H31Cl2N2.C17H19NO3.C2H6O4S.C2H6/c1-21-10-12-23(13-11-21)47-19-17-35-33(44)38-48(45,46)24-14-15-25(34)27(20-24)36-31(42)30(41-29-9-5-3-7-26(29)37-39-41)32(43)40-18-16-22-6-2-4-8-28(22)40;1-4-27(11-12-27)22(33)21(23(34)30-20-13-16(3)18(28)14-19(20)29)32-24(35)25(37-5-2)31(26(32)36)15-17-9-7-6-8-10-17;1-7-30-22-14-12-18(28)16-20(22)26(3,4)24(30)10-9-11-25-27(5,6)21-17-19(29)13-15-23(21)31(25)8-2;1-3-11-7-12(4-2)9-13(8-11)17(21)18-15-10-14(19)5-6-16(15)20;1-2-6-7(3,4)5;1-2/h2-15,20,30H,16-19H2,1H3,(H,36,42)(H2,35,38,44);6-10,13-14,21,25H,4-5,11-12,15H2,1-3H3,(H,30,34);9-17H,7-8H2,1-6H3;5-10,19-20H,3-4H2,1-2H3,(H,18,21);2H2,1H3,(H,3,4,5);1-2H3/q;;+1;;;/p-1. The van der Waals surface area contributed by atoms with Gasteiger partial charge in [-0.15, -0.1) is 5.10 Å². The average Bonchev–Trinajstić information content (AvgIpc) is 1.59. The number of aryl methyl sites for hydroxylation is 4. The van der Waals surface area contributed by atoms with E-state index in [0.717, 1.165) is 74.8 Å². The molecule has 1 saturated carbocycles. The molecule has 1 saturated heterocycles. The van der Waals surface area contributed by atoms with Crippen molar-refractivity contribution in [3.8, 4) is 17.2 Å². The molecule has 16 rings (SSSR count). The van der Waals surface area contributed by atoms with Crippen molar-refractivity contribution in [2.45, 2.75) is 183 Å². The molecule has 9 amide bonds. The quantitative estimate of drug-likeness (QED) is 0.00321. The smallest absolute Gasteiger partial charge is 0.330 e. The van der Waals surface area contributed by atoms with E-state index in [2.05, 4.69) is 135 Å². The van der Waals surface area contributed by atoms with Gasteiger partial charge >= 0.3 is 12.1 Å². The highest BCUT2D eigenvalue weighted by molar-refractivity contribution is 7.90. The number of imide groups is 1. The molecule has 146 heavy (non-hydrogen) atoms. The Morgan fingerprint density at radius 3 is 1.90 bits per heavy atom. The number of carbonyl (C=O) groups excluding carboxylic acids is 8. The molecule has 1 aliphatic carbocycles. The summed E-state index contributed by atoms with van der Waals surface area (Å²) in [4.78, 5) is 113. The molecule has 0 bridgehead atoms. The first-order chi connectivity index (χ1) is 69.4. The number of benzene rings is 10. The highest BCUT2D eigenvalue weighted by Gasteiger charge is 2.59. The first-order valence-corrected chi connectivity index (χ1v) is 52.5. The van der Waals surface area contributed by atoms with E-state index in [4.69, 9.17) is 67.5 Å². The number of para-hydroxylation sites is 2. The van der Waals surface area contributed by atoms with Gasteiger partial charge in [-0.25, -0.2) is 40.7 Å². The lowest BCUT2D eigenvalue weighted by molar-refractivity contribution is -0.433. The number of sulfonamides is 1. The Hall–Kier alpha value is -13.1. The van der Waals surface area contributed by atoms with Crippen LogP contribution in [0, 0.1) is 19.3 Å². The summed E-state index contributed by atoms with van der Waals surface area (Å²) in [5.41, 5.74) is 14.9. The van der Waals surface area contributed by atoms with Crippen molar-refractivity contribution < 1.29 is 88.2 Å². The van der Waals surface area contributed by atoms with Crippen molar-refractivity contribution in [3.05, 3.63) is 305 Å². The number of hydrogen-bond donors (Lipinski definition) is 7. The molecule has 0 radical (unpaired) electrons. The van der Waals surface area contributed by atoms with Gasteiger partial charge in [0.15, 0.2) is 17.5 Å². The lowest BCUT2D eigenvalue weighted by Crippen LogP contribution is -2.54. The van der Waals surface area contributed by atoms with E-state index < -0.39 is 85.6 Å². The number of fused-ring (bicyclic) bond motifs is 4. The molecule has 31 nitrogen and oxygen atoms in total. The molecule has 11 aromatic rings. The maximum absolute atomic E-state index is 14.1. The maximum atomic E-state index is 14.1. The van der Waals surface area contributed by atoms with Crippen LogP contribution in [0.2, 0.25) is 25.1 Å². The van der Waals surface area contributed by atoms with Crippen LogP contribution in [0.5, 0.6) is 17.2 Å². The number of carbonyl (C=O) groups is 8. The Balaban J connectivity index is 0.000000186. The molecule has 2 fully saturated rings. The SMILES string of the molecule is CC.CCN1/C(=C\C=C\C2=[N+](CC)c3ccc(Cl)cc3C2(C)C)C(C)(C)c2cc(Cl)ccc21.CCOC1C(=O)N(C(C(=O)Nc2cc(C)c(Cl)cc2Cl)C(=O)C2(CC)CC2)C(=O)N1Cc1ccccc1.CCOS(=O)(=O)[O-].CCc1cc(CC)cc(C(=O)Nc2cc(O)ccc2O)c1.Cc1ccc(OCCNC(=O)NS(=O)(=O)c2ccc(Cl)c(NC(=O)C(C(=O)N3CCc4ccccc43)n3nnc4ccccc43)c2)cc1. The number of halogens is 5. The minimum Gasteiger partial charge on any atom is -0.726 e. The Morgan fingerprint density at radius 1 is 0.637 bits per heavy atom. The zero-order chi connectivity index (χ0) is 107. The fraction of sp³-hybridized carbons (Fsp3) is 0.324. The van der Waals surface area contributed by atoms with E-state index >= 15 is 0 Å². The van der Waals surface area contributed by atoms with Gasteiger partial charge in [0.05, 0.1) is 62.6 Å². The summed E-state index contributed by atoms with van der Waals surface area (Å²) in [6.45, 7) is 32.8. The minimum absolute atomic E-state index is 0.00108. The first kappa shape index (κ1) is 113. The van der Waals surface area contributed by atoms with Gasteiger partial charge in [0.1, 0.15) is 35.9 Å². The van der Waals surface area contributed by atoms with Gasteiger partial charge in [0.25, 0.3) is 39.6 Å². The molecule has 5 heterocycles. The van der Waals surface area contributed by atoms with Gasteiger partial charge < -0.3 is 55.3 Å². The number of nitrogens with one attached hydrogen (secondary N) is 5. The van der Waals surface area contributed by atoms with Gasteiger partial charge in [-0.2, -0.15) is 4.58 Å². The second-order valence-corrected chi connectivity index (χ2v) is 40.2. The van der Waals surface area contributed by atoms with E-state index in [0.29, 0.717) is 70.8 Å². The number of aromatic nitrogens is 3. The van der Waals surface area contributed by atoms with Crippen molar-refractivity contribution in [2.75, 3.05) is 71.7 Å². The van der Waals surface area contributed by atoms with Crippen LogP contribution in [0.15, 0.2) is 235 Å². The largest absolute Gasteiger partial charge is 0.726 e. The third-order valence-electron chi connectivity index (χ3n) is 25.2. The number of Topliss-reactive ketones (excluding diaryl/α,β-unsaturated/α-hetero) is 1. The number of aromatic hydroxyl groups is 2. The molecule has 10 aromatic carbocycles. The minimum atomic E-state index is -4.42. The van der Waals surface area contributed by atoms with E-state index in [9.17, 15) is 70.0 Å². The van der Waals surface area contributed by atoms with Gasteiger partial charge in [0.2, 0.25) is 28.4 Å². The third kappa shape index (κ3) is 27.0. The Kier molecular flexibility index (Phi) is 38.7. The van der Waals surface area contributed by atoms with E-state index in [1.165, 1.54) is 91.7 Å². The molecular weight excluding hydrogens is 2010 g/mol. The second kappa shape index (κ2) is 49.9. The van der Waals surface area contributed by atoms with Crippen molar-refractivity contribution in [2.24, 2.45) is 5.41 Å². The lowest BCUT2D eigenvalue weighted by atomic mass is 9.81. The number of ketones is 1. The third-order valence-corrected chi connectivity index (χ3v) is 28.5.